The molecule has 0 spiro atoms. The van der Waals surface area contributed by atoms with Gasteiger partial charge in [0, 0.05) is 47.0 Å². The maximum Gasteiger partial charge on any atom is 0.335 e. The molecule has 0 atom stereocenters. The summed E-state index contributed by atoms with van der Waals surface area (Å²) in [5.74, 6) is -0.917. The number of benzene rings is 6. The molecule has 6 nitrogen and oxygen atoms in total. The van der Waals surface area contributed by atoms with Crippen LogP contribution in [0.2, 0.25) is 0 Å². The topological polar surface area (TPSA) is 59.1 Å². The minimum Gasteiger partial charge on any atom is -0.466 e. The number of allylic oxidation sites excluding steroid dienone is 2. The van der Waals surface area contributed by atoms with E-state index in [-0.39, 0.29) is 12.8 Å². The fourth-order valence-electron chi connectivity index (χ4n) is 6.51. The molecule has 1 aliphatic carbocycles. The minimum atomic E-state index is -0.459. The molecule has 0 saturated heterocycles. The molecule has 6 aromatic carbocycles. The lowest BCUT2D eigenvalue weighted by atomic mass is 9.89. The van der Waals surface area contributed by atoms with Crippen LogP contribution in [0.3, 0.4) is 0 Å². The monoisotopic (exact) mass is 630 g/mol. The van der Waals surface area contributed by atoms with E-state index in [1.54, 1.807) is 0 Å². The second kappa shape index (κ2) is 13.3. The van der Waals surface area contributed by atoms with Gasteiger partial charge in [-0.15, -0.1) is 0 Å². The van der Waals surface area contributed by atoms with E-state index in [1.165, 1.54) is 14.2 Å². The van der Waals surface area contributed by atoms with Crippen LogP contribution in [0.15, 0.2) is 168 Å². The molecule has 0 N–H and O–H groups in total. The van der Waals surface area contributed by atoms with Crippen LogP contribution in [0, 0.1) is 0 Å². The number of rotatable bonds is 8. The molecule has 0 heterocycles. The van der Waals surface area contributed by atoms with Crippen LogP contribution >= 0.6 is 0 Å². The molecule has 0 bridgehead atoms. The van der Waals surface area contributed by atoms with Gasteiger partial charge in [-0.1, -0.05) is 97.1 Å². The summed E-state index contributed by atoms with van der Waals surface area (Å²) in [6.45, 7) is 0. The second-order valence-corrected chi connectivity index (χ2v) is 11.6. The summed E-state index contributed by atoms with van der Waals surface area (Å²) in [7, 11) is 2.79. The van der Waals surface area contributed by atoms with Gasteiger partial charge in [-0.25, -0.2) is 9.59 Å². The van der Waals surface area contributed by atoms with Gasteiger partial charge in [0.05, 0.1) is 25.4 Å². The summed E-state index contributed by atoms with van der Waals surface area (Å²) >= 11 is 0. The molecule has 7 rings (SSSR count). The molecule has 0 amide bonds. The van der Waals surface area contributed by atoms with Crippen molar-refractivity contribution in [3.05, 3.63) is 168 Å². The standard InChI is InChI=1S/C42H34N2O4/c1-47-41(45)37-27-40(44(34-19-7-4-8-20-34)36-24-22-30-14-10-12-16-32(30)26-36)38(42(46)48-2)28-39(37)43(33-17-5-3-6-18-33)35-23-21-29-13-9-11-15-31(29)25-35/h3-26H,27-28H2,1-2H3. The third kappa shape index (κ3) is 5.80. The van der Waals surface area contributed by atoms with Crippen molar-refractivity contribution in [3.63, 3.8) is 0 Å². The Bertz CT molecular complexity index is 2050. The summed E-state index contributed by atoms with van der Waals surface area (Å²) in [5.41, 5.74) is 5.64. The first-order valence-electron chi connectivity index (χ1n) is 15.8. The highest BCUT2D eigenvalue weighted by Crippen LogP contribution is 2.44. The van der Waals surface area contributed by atoms with Gasteiger partial charge in [-0.05, 0) is 70.1 Å². The molecule has 0 aromatic heterocycles. The van der Waals surface area contributed by atoms with Gasteiger partial charge in [-0.3, -0.25) is 0 Å². The Morgan fingerprint density at radius 3 is 1.17 bits per heavy atom. The number of fused-ring (bicyclic) bond motifs is 2. The van der Waals surface area contributed by atoms with Crippen molar-refractivity contribution in [2.45, 2.75) is 12.8 Å². The van der Waals surface area contributed by atoms with Crippen molar-refractivity contribution in [1.82, 2.24) is 0 Å². The molecule has 48 heavy (non-hydrogen) atoms. The Morgan fingerprint density at radius 1 is 0.438 bits per heavy atom. The number of hydrogen-bond donors (Lipinski definition) is 0. The predicted octanol–water partition coefficient (Wildman–Crippen LogP) is 9.62. The number of hydrogen-bond acceptors (Lipinski definition) is 6. The van der Waals surface area contributed by atoms with E-state index >= 15 is 0 Å². The quantitative estimate of drug-likeness (QED) is 0.156. The molecular formula is C42H34N2O4. The van der Waals surface area contributed by atoms with E-state index < -0.39 is 11.9 Å². The zero-order valence-electron chi connectivity index (χ0n) is 26.8. The highest BCUT2D eigenvalue weighted by Gasteiger charge is 2.36. The third-order valence-corrected chi connectivity index (χ3v) is 8.80. The van der Waals surface area contributed by atoms with Gasteiger partial charge >= 0.3 is 11.9 Å². The molecular weight excluding hydrogens is 596 g/mol. The Balaban J connectivity index is 1.45. The van der Waals surface area contributed by atoms with Gasteiger partial charge in [0.2, 0.25) is 0 Å². The number of carbonyl (C=O) groups is 2. The van der Waals surface area contributed by atoms with Gasteiger partial charge in [-0.2, -0.15) is 0 Å². The summed E-state index contributed by atoms with van der Waals surface area (Å²) < 4.78 is 10.9. The number of anilines is 4. The molecule has 6 aromatic rings. The zero-order valence-corrected chi connectivity index (χ0v) is 26.8. The lowest BCUT2D eigenvalue weighted by molar-refractivity contribution is -0.137. The average molecular weight is 631 g/mol. The van der Waals surface area contributed by atoms with Crippen molar-refractivity contribution >= 4 is 56.2 Å². The van der Waals surface area contributed by atoms with Crippen molar-refractivity contribution < 1.29 is 19.1 Å². The molecule has 0 saturated carbocycles. The van der Waals surface area contributed by atoms with E-state index in [0.717, 1.165) is 44.3 Å². The van der Waals surface area contributed by atoms with Gasteiger partial charge in [0.15, 0.2) is 0 Å². The van der Waals surface area contributed by atoms with Crippen molar-refractivity contribution in [1.29, 1.82) is 0 Å². The molecule has 6 heteroatoms. The maximum absolute atomic E-state index is 13.9. The van der Waals surface area contributed by atoms with Crippen LogP contribution in [0.4, 0.5) is 22.7 Å². The lowest BCUT2D eigenvalue weighted by Gasteiger charge is -2.37. The highest BCUT2D eigenvalue weighted by atomic mass is 16.5. The van der Waals surface area contributed by atoms with Crippen molar-refractivity contribution in [3.8, 4) is 0 Å². The number of para-hydroxylation sites is 2. The normalized spacial score (nSPS) is 13.0. The minimum absolute atomic E-state index is 0.130. The lowest BCUT2D eigenvalue weighted by Crippen LogP contribution is -2.31. The van der Waals surface area contributed by atoms with E-state index in [4.69, 9.17) is 9.47 Å². The van der Waals surface area contributed by atoms with Gasteiger partial charge in [0.25, 0.3) is 0 Å². The van der Waals surface area contributed by atoms with Crippen LogP contribution in [0.1, 0.15) is 12.8 Å². The highest BCUT2D eigenvalue weighted by molar-refractivity contribution is 5.99. The number of esters is 2. The summed E-state index contributed by atoms with van der Waals surface area (Å²) in [5, 5.41) is 4.32. The average Bonchev–Trinajstić information content (AvgIpc) is 3.15. The first-order valence-corrected chi connectivity index (χ1v) is 15.8. The van der Waals surface area contributed by atoms with Gasteiger partial charge in [0.1, 0.15) is 0 Å². The first kappa shape index (κ1) is 30.5. The SMILES string of the molecule is COC(=O)C1=C(N(c2ccccc2)c2ccc3ccccc3c2)CC(C(=O)OC)=C(N(c2ccccc2)c2ccc3ccccc3c2)C1. The first-order chi connectivity index (χ1) is 23.6. The number of carbonyl (C=O) groups excluding carboxylic acids is 2. The van der Waals surface area contributed by atoms with Crippen molar-refractivity contribution in [2.75, 3.05) is 24.0 Å². The Kier molecular flexibility index (Phi) is 8.46. The van der Waals surface area contributed by atoms with E-state index in [2.05, 4.69) is 58.3 Å². The van der Waals surface area contributed by atoms with Crippen LogP contribution in [-0.2, 0) is 19.1 Å². The molecule has 236 valence electrons. The maximum atomic E-state index is 13.9. The fourth-order valence-corrected chi connectivity index (χ4v) is 6.51. The zero-order chi connectivity index (χ0) is 33.0. The second-order valence-electron chi connectivity index (χ2n) is 11.6. The molecule has 0 fully saturated rings. The number of ether oxygens (including phenoxy) is 2. The van der Waals surface area contributed by atoms with Crippen molar-refractivity contribution in [2.24, 2.45) is 0 Å². The molecule has 1 aliphatic rings. The van der Waals surface area contributed by atoms with Crippen LogP contribution in [-0.4, -0.2) is 26.2 Å². The van der Waals surface area contributed by atoms with Crippen LogP contribution in [0.25, 0.3) is 21.5 Å². The largest absolute Gasteiger partial charge is 0.466 e. The Morgan fingerprint density at radius 2 is 0.792 bits per heavy atom. The summed E-state index contributed by atoms with van der Waals surface area (Å²) in [6.07, 6.45) is 0.260. The Hall–Kier alpha value is -6.14. The smallest absolute Gasteiger partial charge is 0.335 e. The number of nitrogens with zero attached hydrogens (tertiary/aromatic N) is 2. The fraction of sp³-hybridized carbons (Fsp3) is 0.0952. The third-order valence-electron chi connectivity index (χ3n) is 8.80. The molecule has 0 radical (unpaired) electrons. The van der Waals surface area contributed by atoms with Crippen LogP contribution < -0.4 is 9.80 Å². The van der Waals surface area contributed by atoms with Gasteiger partial charge < -0.3 is 19.3 Å². The van der Waals surface area contributed by atoms with E-state index in [9.17, 15) is 9.59 Å². The summed E-state index contributed by atoms with van der Waals surface area (Å²) in [6, 6.07) is 48.5. The van der Waals surface area contributed by atoms with Crippen LogP contribution in [0.5, 0.6) is 0 Å². The molecule has 0 aliphatic heterocycles. The summed E-state index contributed by atoms with van der Waals surface area (Å²) in [4.78, 5) is 31.8. The predicted molar refractivity (Wildman–Crippen MR) is 192 cm³/mol. The molecule has 0 unspecified atom stereocenters. The van der Waals surface area contributed by atoms with E-state index in [1.807, 2.05) is 97.1 Å². The Labute approximate surface area is 279 Å². The number of methoxy groups -OCH3 is 2. The van der Waals surface area contributed by atoms with E-state index in [0.29, 0.717) is 22.5 Å².